The van der Waals surface area contributed by atoms with Crippen molar-refractivity contribution in [3.63, 3.8) is 0 Å². The highest BCUT2D eigenvalue weighted by molar-refractivity contribution is 5.72. The average Bonchev–Trinajstić information content (AvgIpc) is 3.46. The predicted molar refractivity (Wildman–Crippen MR) is 125 cm³/mol. The Labute approximate surface area is 216 Å². The smallest absolute Gasteiger partial charge is 0.434 e. The van der Waals surface area contributed by atoms with Gasteiger partial charge >= 0.3 is 24.4 Å². The van der Waals surface area contributed by atoms with Gasteiger partial charge in [0.2, 0.25) is 0 Å². The van der Waals surface area contributed by atoms with Crippen molar-refractivity contribution in [2.24, 2.45) is 5.92 Å². The van der Waals surface area contributed by atoms with E-state index in [0.717, 1.165) is 41.1 Å². The fourth-order valence-corrected chi connectivity index (χ4v) is 5.90. The monoisotopic (exact) mass is 551 g/mol. The fourth-order valence-electron chi connectivity index (χ4n) is 5.90. The van der Waals surface area contributed by atoms with Crippen molar-refractivity contribution in [2.75, 3.05) is 37.6 Å². The lowest BCUT2D eigenvalue weighted by Gasteiger charge is -2.45. The van der Waals surface area contributed by atoms with Gasteiger partial charge in [0.1, 0.15) is 0 Å². The number of ether oxygens (including phenoxy) is 1. The molecule has 1 unspecified atom stereocenters. The second kappa shape index (κ2) is 10.5. The first-order valence-electron chi connectivity index (χ1n) is 12.6. The van der Waals surface area contributed by atoms with E-state index in [0.29, 0.717) is 38.9 Å². The van der Waals surface area contributed by atoms with Crippen LogP contribution in [-0.4, -0.2) is 83.7 Å². The molecule has 212 valence electrons. The lowest BCUT2D eigenvalue weighted by Crippen LogP contribution is -2.54. The number of carbonyl (C=O) groups excluding carboxylic acids is 1. The van der Waals surface area contributed by atoms with E-state index in [2.05, 4.69) is 14.5 Å². The molecule has 1 N–H and O–H groups in total. The number of carboxylic acid groups (broad SMARTS) is 1. The molecule has 0 aliphatic carbocycles. The van der Waals surface area contributed by atoms with Gasteiger partial charge in [-0.05, 0) is 62.8 Å². The highest BCUT2D eigenvalue weighted by Gasteiger charge is 2.60. The Morgan fingerprint density at radius 3 is 2.29 bits per heavy atom. The van der Waals surface area contributed by atoms with E-state index in [1.807, 2.05) is 25.1 Å². The summed E-state index contributed by atoms with van der Waals surface area (Å²) in [6, 6.07) is 6.05. The molecule has 0 radical (unpaired) electrons. The molecular formula is C25H31F6N3O4. The second-order valence-electron chi connectivity index (χ2n) is 10.5. The summed E-state index contributed by atoms with van der Waals surface area (Å²) in [6.45, 7) is 4.33. The molecule has 3 heterocycles. The van der Waals surface area contributed by atoms with Crippen molar-refractivity contribution in [1.82, 2.24) is 9.80 Å². The van der Waals surface area contributed by atoms with Gasteiger partial charge in [-0.15, -0.1) is 0 Å². The SMILES string of the molecule is Cc1ccc(CN2CCCC23CCN(C(=O)OC(C(F)(F)F)C(F)(F)F)CC3)c(N2CCC(C(=O)O)C2)c1. The zero-order valence-electron chi connectivity index (χ0n) is 20.9. The average molecular weight is 552 g/mol. The minimum atomic E-state index is -5.75. The van der Waals surface area contributed by atoms with Crippen LogP contribution < -0.4 is 4.90 Å². The number of hydrogen-bond acceptors (Lipinski definition) is 5. The van der Waals surface area contributed by atoms with Gasteiger partial charge in [0.25, 0.3) is 6.10 Å². The highest BCUT2D eigenvalue weighted by Crippen LogP contribution is 2.42. The van der Waals surface area contributed by atoms with Crippen LogP contribution in [0.25, 0.3) is 0 Å². The van der Waals surface area contributed by atoms with Crippen LogP contribution in [0.5, 0.6) is 0 Å². The normalized spacial score (nSPS) is 22.5. The Kier molecular flexibility index (Phi) is 7.79. The molecule has 38 heavy (non-hydrogen) atoms. The van der Waals surface area contributed by atoms with Crippen molar-refractivity contribution in [1.29, 1.82) is 0 Å². The van der Waals surface area contributed by atoms with Crippen LogP contribution in [-0.2, 0) is 16.1 Å². The standard InChI is InChI=1S/C25H31F6N3O4/c1-16-3-4-17(19(13-16)33-10-5-18(14-33)20(35)36)15-34-9-2-6-23(34)7-11-32(12-8-23)22(37)38-21(24(26,27)28)25(29,30)31/h3-4,13,18,21H,2,5-12,14-15H2,1H3,(H,35,36). The Hall–Kier alpha value is -2.70. The van der Waals surface area contributed by atoms with Crippen LogP contribution in [0.2, 0.25) is 0 Å². The van der Waals surface area contributed by atoms with Crippen LogP contribution in [0.15, 0.2) is 18.2 Å². The molecule has 13 heteroatoms. The molecule has 3 aliphatic heterocycles. The molecule has 0 saturated carbocycles. The number of amides is 1. The molecule has 0 aromatic heterocycles. The number of alkyl halides is 6. The Bertz CT molecular complexity index is 1020. The number of benzene rings is 1. The lowest BCUT2D eigenvalue weighted by molar-refractivity contribution is -0.308. The third kappa shape index (κ3) is 5.97. The molecule has 3 aliphatic rings. The van der Waals surface area contributed by atoms with Crippen LogP contribution in [0.1, 0.15) is 43.2 Å². The topological polar surface area (TPSA) is 73.3 Å². The molecule has 4 rings (SSSR count). The molecule has 3 saturated heterocycles. The summed E-state index contributed by atoms with van der Waals surface area (Å²) in [7, 11) is 0. The molecule has 7 nitrogen and oxygen atoms in total. The maximum Gasteiger partial charge on any atom is 0.434 e. The fraction of sp³-hybridized carbons (Fsp3) is 0.680. The van der Waals surface area contributed by atoms with E-state index in [4.69, 9.17) is 0 Å². The molecule has 3 fully saturated rings. The Morgan fingerprint density at radius 2 is 1.71 bits per heavy atom. The Morgan fingerprint density at radius 1 is 1.05 bits per heavy atom. The summed E-state index contributed by atoms with van der Waals surface area (Å²) in [5.74, 6) is -1.25. The van der Waals surface area contributed by atoms with E-state index in [1.165, 1.54) is 0 Å². The van der Waals surface area contributed by atoms with Gasteiger partial charge in [-0.2, -0.15) is 26.3 Å². The van der Waals surface area contributed by atoms with Crippen molar-refractivity contribution >= 4 is 17.7 Å². The molecule has 1 spiro atoms. The summed E-state index contributed by atoms with van der Waals surface area (Å²) in [4.78, 5) is 29.0. The number of likely N-dealkylation sites (tertiary alicyclic amines) is 2. The quantitative estimate of drug-likeness (QED) is 0.522. The van der Waals surface area contributed by atoms with Gasteiger partial charge in [-0.1, -0.05) is 12.1 Å². The van der Waals surface area contributed by atoms with Gasteiger partial charge in [0.15, 0.2) is 0 Å². The number of carbonyl (C=O) groups is 2. The highest BCUT2D eigenvalue weighted by atomic mass is 19.4. The lowest BCUT2D eigenvalue weighted by atomic mass is 9.84. The maximum atomic E-state index is 12.8. The van der Waals surface area contributed by atoms with Crippen LogP contribution in [0.3, 0.4) is 0 Å². The summed E-state index contributed by atoms with van der Waals surface area (Å²) in [5, 5.41) is 9.40. The van der Waals surface area contributed by atoms with Crippen LogP contribution >= 0.6 is 0 Å². The number of hydrogen-bond donors (Lipinski definition) is 1. The van der Waals surface area contributed by atoms with Crippen molar-refractivity contribution in [3.05, 3.63) is 29.3 Å². The largest absolute Gasteiger partial charge is 0.481 e. The summed E-state index contributed by atoms with van der Waals surface area (Å²) >= 11 is 0. The van der Waals surface area contributed by atoms with Gasteiger partial charge in [-0.25, -0.2) is 4.79 Å². The van der Waals surface area contributed by atoms with Gasteiger partial charge in [0, 0.05) is 44.0 Å². The van der Waals surface area contributed by atoms with Crippen LogP contribution in [0.4, 0.5) is 36.8 Å². The van der Waals surface area contributed by atoms with E-state index in [9.17, 15) is 41.0 Å². The van der Waals surface area contributed by atoms with Gasteiger partial charge in [0.05, 0.1) is 5.92 Å². The maximum absolute atomic E-state index is 12.8. The number of halogens is 6. The van der Waals surface area contributed by atoms with Crippen molar-refractivity contribution in [2.45, 2.75) is 69.6 Å². The van der Waals surface area contributed by atoms with Crippen molar-refractivity contribution < 1.29 is 45.8 Å². The molecule has 0 bridgehead atoms. The number of aliphatic carboxylic acids is 1. The Balaban J connectivity index is 1.43. The van der Waals surface area contributed by atoms with E-state index in [1.54, 1.807) is 0 Å². The predicted octanol–water partition coefficient (Wildman–Crippen LogP) is 4.97. The molecular weight excluding hydrogens is 520 g/mol. The first-order chi connectivity index (χ1) is 17.7. The number of rotatable bonds is 5. The van der Waals surface area contributed by atoms with E-state index < -0.39 is 36.4 Å². The molecule has 1 atom stereocenters. The number of aryl methyl sites for hydroxylation is 1. The number of nitrogens with zero attached hydrogens (tertiary/aromatic N) is 3. The third-order valence-corrected chi connectivity index (χ3v) is 7.99. The first kappa shape index (κ1) is 28.3. The van der Waals surface area contributed by atoms with Gasteiger partial charge in [-0.3, -0.25) is 9.69 Å². The van der Waals surface area contributed by atoms with Crippen LogP contribution in [0, 0.1) is 12.8 Å². The first-order valence-corrected chi connectivity index (χ1v) is 12.6. The van der Waals surface area contributed by atoms with Gasteiger partial charge < -0.3 is 19.6 Å². The number of carboxylic acids is 1. The second-order valence-corrected chi connectivity index (χ2v) is 10.5. The van der Waals surface area contributed by atoms with Crippen molar-refractivity contribution in [3.8, 4) is 0 Å². The third-order valence-electron chi connectivity index (χ3n) is 7.99. The summed E-state index contributed by atoms with van der Waals surface area (Å²) < 4.78 is 80.8. The van der Waals surface area contributed by atoms with E-state index >= 15 is 0 Å². The zero-order chi connectivity index (χ0) is 27.9. The number of anilines is 1. The minimum absolute atomic E-state index is 0.00899. The van der Waals surface area contributed by atoms with E-state index in [-0.39, 0.29) is 18.6 Å². The number of piperidine rings is 1. The minimum Gasteiger partial charge on any atom is -0.481 e. The molecule has 1 aromatic carbocycles. The zero-order valence-corrected chi connectivity index (χ0v) is 20.9. The summed E-state index contributed by atoms with van der Waals surface area (Å²) in [6.07, 6.45) is -14.2. The molecule has 1 aromatic rings. The molecule has 1 amide bonds. The summed E-state index contributed by atoms with van der Waals surface area (Å²) in [5.41, 5.74) is 2.72.